The molecule has 1 aliphatic rings. The van der Waals surface area contributed by atoms with Gasteiger partial charge >= 0.3 is 0 Å². The SMILES string of the molecule is CCCNC(=O)C(C)C1CCCN1C. The molecule has 1 aliphatic heterocycles. The maximum absolute atomic E-state index is 11.7. The highest BCUT2D eigenvalue weighted by molar-refractivity contribution is 5.79. The molecule has 1 fully saturated rings. The minimum Gasteiger partial charge on any atom is -0.356 e. The number of carbonyl (C=O) groups is 1. The fourth-order valence-electron chi connectivity index (χ4n) is 2.15. The van der Waals surface area contributed by atoms with Crippen molar-refractivity contribution >= 4 is 5.91 Å². The van der Waals surface area contributed by atoms with Gasteiger partial charge in [0.25, 0.3) is 0 Å². The first-order valence-corrected chi connectivity index (χ1v) is 5.64. The Hall–Kier alpha value is -0.570. The van der Waals surface area contributed by atoms with Crippen molar-refractivity contribution in [2.45, 2.75) is 39.2 Å². The van der Waals surface area contributed by atoms with E-state index in [1.54, 1.807) is 0 Å². The monoisotopic (exact) mass is 198 g/mol. The molecule has 0 bridgehead atoms. The Morgan fingerprint density at radius 2 is 2.36 bits per heavy atom. The Kier molecular flexibility index (Phi) is 4.39. The van der Waals surface area contributed by atoms with Crippen molar-refractivity contribution in [3.8, 4) is 0 Å². The standard InChI is InChI=1S/C11H22N2O/c1-4-7-12-11(14)9(2)10-6-5-8-13(10)3/h9-10H,4-8H2,1-3H3,(H,12,14). The van der Waals surface area contributed by atoms with Crippen LogP contribution in [0.15, 0.2) is 0 Å². The van der Waals surface area contributed by atoms with Gasteiger partial charge in [0.05, 0.1) is 5.92 Å². The lowest BCUT2D eigenvalue weighted by molar-refractivity contribution is -0.126. The lowest BCUT2D eigenvalue weighted by atomic mass is 9.99. The summed E-state index contributed by atoms with van der Waals surface area (Å²) in [7, 11) is 2.11. The van der Waals surface area contributed by atoms with Crippen molar-refractivity contribution < 1.29 is 4.79 Å². The van der Waals surface area contributed by atoms with E-state index in [2.05, 4.69) is 24.2 Å². The summed E-state index contributed by atoms with van der Waals surface area (Å²) in [4.78, 5) is 14.0. The second-order valence-electron chi connectivity index (χ2n) is 4.27. The molecule has 0 radical (unpaired) electrons. The van der Waals surface area contributed by atoms with Crippen LogP contribution in [0.5, 0.6) is 0 Å². The van der Waals surface area contributed by atoms with E-state index in [0.29, 0.717) is 6.04 Å². The molecule has 82 valence electrons. The van der Waals surface area contributed by atoms with Crippen LogP contribution in [-0.2, 0) is 4.79 Å². The molecule has 0 aliphatic carbocycles. The molecule has 3 nitrogen and oxygen atoms in total. The van der Waals surface area contributed by atoms with Crippen LogP contribution in [0.1, 0.15) is 33.1 Å². The van der Waals surface area contributed by atoms with Crippen LogP contribution in [0.4, 0.5) is 0 Å². The summed E-state index contributed by atoms with van der Waals surface area (Å²) >= 11 is 0. The van der Waals surface area contributed by atoms with E-state index in [1.807, 2.05) is 6.92 Å². The number of hydrogen-bond acceptors (Lipinski definition) is 2. The van der Waals surface area contributed by atoms with Gasteiger partial charge in [0.15, 0.2) is 0 Å². The number of likely N-dealkylation sites (tertiary alicyclic amines) is 1. The van der Waals surface area contributed by atoms with E-state index >= 15 is 0 Å². The largest absolute Gasteiger partial charge is 0.356 e. The van der Waals surface area contributed by atoms with Crippen molar-refractivity contribution in [2.75, 3.05) is 20.1 Å². The third-order valence-electron chi connectivity index (χ3n) is 3.12. The molecule has 0 aromatic carbocycles. The van der Waals surface area contributed by atoms with Crippen LogP contribution in [0.3, 0.4) is 0 Å². The molecular formula is C11H22N2O. The maximum atomic E-state index is 11.7. The van der Waals surface area contributed by atoms with E-state index in [9.17, 15) is 4.79 Å². The van der Waals surface area contributed by atoms with E-state index in [-0.39, 0.29) is 11.8 Å². The maximum Gasteiger partial charge on any atom is 0.224 e. The summed E-state index contributed by atoms with van der Waals surface area (Å²) in [5, 5.41) is 2.96. The lowest BCUT2D eigenvalue weighted by Crippen LogP contribution is -2.41. The molecule has 0 aromatic heterocycles. The molecule has 1 rings (SSSR count). The molecule has 3 heteroatoms. The zero-order chi connectivity index (χ0) is 10.6. The van der Waals surface area contributed by atoms with Crippen molar-refractivity contribution in [3.63, 3.8) is 0 Å². The van der Waals surface area contributed by atoms with Gasteiger partial charge in [-0.1, -0.05) is 13.8 Å². The molecule has 1 N–H and O–H groups in total. The predicted molar refractivity (Wildman–Crippen MR) is 58.1 cm³/mol. The van der Waals surface area contributed by atoms with Gasteiger partial charge in [-0.25, -0.2) is 0 Å². The summed E-state index contributed by atoms with van der Waals surface area (Å²) in [5.74, 6) is 0.347. The van der Waals surface area contributed by atoms with E-state index in [0.717, 1.165) is 25.9 Å². The first kappa shape index (κ1) is 11.5. The number of carbonyl (C=O) groups excluding carboxylic acids is 1. The normalized spacial score (nSPS) is 24.9. The third-order valence-corrected chi connectivity index (χ3v) is 3.12. The third kappa shape index (κ3) is 2.71. The van der Waals surface area contributed by atoms with Crippen LogP contribution >= 0.6 is 0 Å². The van der Waals surface area contributed by atoms with Gasteiger partial charge in [0.2, 0.25) is 5.91 Å². The van der Waals surface area contributed by atoms with Gasteiger partial charge in [-0.05, 0) is 32.9 Å². The number of nitrogens with one attached hydrogen (secondary N) is 1. The average molecular weight is 198 g/mol. The minimum atomic E-state index is 0.133. The fourth-order valence-corrected chi connectivity index (χ4v) is 2.15. The highest BCUT2D eigenvalue weighted by atomic mass is 16.1. The van der Waals surface area contributed by atoms with Gasteiger partial charge in [0, 0.05) is 12.6 Å². The second-order valence-corrected chi connectivity index (χ2v) is 4.27. The second kappa shape index (κ2) is 5.35. The van der Waals surface area contributed by atoms with Crippen LogP contribution < -0.4 is 5.32 Å². The molecular weight excluding hydrogens is 176 g/mol. The lowest BCUT2D eigenvalue weighted by Gasteiger charge is -2.25. The Balaban J connectivity index is 2.39. The van der Waals surface area contributed by atoms with E-state index in [1.165, 1.54) is 6.42 Å². The van der Waals surface area contributed by atoms with Gasteiger partial charge in [-0.2, -0.15) is 0 Å². The van der Waals surface area contributed by atoms with Crippen molar-refractivity contribution in [3.05, 3.63) is 0 Å². The minimum absolute atomic E-state index is 0.133. The predicted octanol–water partition coefficient (Wildman–Crippen LogP) is 1.24. The molecule has 1 saturated heterocycles. The molecule has 2 unspecified atom stereocenters. The fraction of sp³-hybridized carbons (Fsp3) is 0.909. The quantitative estimate of drug-likeness (QED) is 0.737. The molecule has 1 heterocycles. The van der Waals surface area contributed by atoms with Gasteiger partial charge in [-0.15, -0.1) is 0 Å². The van der Waals surface area contributed by atoms with Crippen LogP contribution in [-0.4, -0.2) is 37.0 Å². The summed E-state index contributed by atoms with van der Waals surface area (Å²) < 4.78 is 0. The Labute approximate surface area is 86.9 Å². The Bertz CT molecular complexity index is 194. The van der Waals surface area contributed by atoms with Gasteiger partial charge < -0.3 is 10.2 Å². The van der Waals surface area contributed by atoms with E-state index < -0.39 is 0 Å². The van der Waals surface area contributed by atoms with Crippen molar-refractivity contribution in [1.29, 1.82) is 0 Å². The summed E-state index contributed by atoms with van der Waals surface area (Å²) in [5.41, 5.74) is 0. The van der Waals surface area contributed by atoms with E-state index in [4.69, 9.17) is 0 Å². The molecule has 14 heavy (non-hydrogen) atoms. The summed E-state index contributed by atoms with van der Waals surface area (Å²) in [6.45, 7) is 6.06. The Morgan fingerprint density at radius 1 is 1.64 bits per heavy atom. The number of rotatable bonds is 4. The average Bonchev–Trinajstić information content (AvgIpc) is 2.59. The smallest absolute Gasteiger partial charge is 0.224 e. The topological polar surface area (TPSA) is 32.3 Å². The molecule has 1 amide bonds. The van der Waals surface area contributed by atoms with Crippen molar-refractivity contribution in [2.24, 2.45) is 5.92 Å². The number of amides is 1. The Morgan fingerprint density at radius 3 is 2.86 bits per heavy atom. The zero-order valence-corrected chi connectivity index (χ0v) is 9.55. The first-order valence-electron chi connectivity index (χ1n) is 5.64. The number of nitrogens with zero attached hydrogens (tertiary/aromatic N) is 1. The van der Waals surface area contributed by atoms with Crippen LogP contribution in [0.25, 0.3) is 0 Å². The molecule has 0 spiro atoms. The first-order chi connectivity index (χ1) is 6.66. The highest BCUT2D eigenvalue weighted by Gasteiger charge is 2.30. The summed E-state index contributed by atoms with van der Waals surface area (Å²) in [6.07, 6.45) is 3.41. The zero-order valence-electron chi connectivity index (χ0n) is 9.55. The molecule has 2 atom stereocenters. The molecule has 0 saturated carbocycles. The van der Waals surface area contributed by atoms with Crippen molar-refractivity contribution in [1.82, 2.24) is 10.2 Å². The van der Waals surface area contributed by atoms with Crippen LogP contribution in [0, 0.1) is 5.92 Å². The highest BCUT2D eigenvalue weighted by Crippen LogP contribution is 2.22. The number of hydrogen-bond donors (Lipinski definition) is 1. The summed E-state index contributed by atoms with van der Waals surface area (Å²) in [6, 6.07) is 0.451. The van der Waals surface area contributed by atoms with Gasteiger partial charge in [-0.3, -0.25) is 4.79 Å². The molecule has 0 aromatic rings. The van der Waals surface area contributed by atoms with Gasteiger partial charge in [0.1, 0.15) is 0 Å². The van der Waals surface area contributed by atoms with Crippen LogP contribution in [0.2, 0.25) is 0 Å².